The number of para-hydroxylation sites is 5. The maximum absolute atomic E-state index is 6.75. The fraction of sp³-hybridized carbons (Fsp3) is 0.0962. The van der Waals surface area contributed by atoms with E-state index in [1.54, 1.807) is 0 Å². The summed E-state index contributed by atoms with van der Waals surface area (Å²) < 4.78 is 13.8. The molecular weight excluding hydrogens is 725 g/mol. The molecule has 12 rings (SSSR count). The van der Waals surface area contributed by atoms with Crippen LogP contribution in [0.4, 0.5) is 22.7 Å². The monoisotopic (exact) mass is 764 g/mol. The number of ether oxygens (including phenoxy) is 1. The van der Waals surface area contributed by atoms with Crippen molar-refractivity contribution in [3.8, 4) is 17.3 Å². The average Bonchev–Trinajstić information content (AvgIpc) is 3.98. The molecule has 0 radical (unpaired) electrons. The Kier molecular flexibility index (Phi) is 7.12. The Bertz CT molecular complexity index is 3440. The summed E-state index contributed by atoms with van der Waals surface area (Å²) in [6, 6.07) is 54.3. The predicted octanol–water partition coefficient (Wildman–Crippen LogP) is 13.1. The van der Waals surface area contributed by atoms with Crippen LogP contribution < -0.4 is 14.5 Å². The second-order valence-corrected chi connectivity index (χ2v) is 15.9. The van der Waals surface area contributed by atoms with Crippen LogP contribution in [0.3, 0.4) is 0 Å². The van der Waals surface area contributed by atoms with Gasteiger partial charge in [0.05, 0.1) is 39.1 Å². The minimum absolute atomic E-state index is 0.634. The van der Waals surface area contributed by atoms with Gasteiger partial charge in [0.1, 0.15) is 24.0 Å². The van der Waals surface area contributed by atoms with Crippen molar-refractivity contribution < 1.29 is 4.74 Å². The third-order valence-corrected chi connectivity index (χ3v) is 12.6. The summed E-state index contributed by atoms with van der Waals surface area (Å²) in [5, 5.41) is 7.40. The molecule has 7 nitrogen and oxygen atoms in total. The first-order chi connectivity index (χ1) is 28.9. The number of benzene rings is 7. The van der Waals surface area contributed by atoms with Crippen molar-refractivity contribution in [3.05, 3.63) is 169 Å². The first-order valence-corrected chi connectivity index (χ1v) is 20.2. The Hall–Kier alpha value is -7.51. The summed E-state index contributed by atoms with van der Waals surface area (Å²) in [6.45, 7) is 4.88. The van der Waals surface area contributed by atoms with E-state index in [1.807, 2.05) is 12.3 Å². The SMILES string of the molecule is Cc1cnc(-n2c3ccccc3c3ccc(Oc4cccc(N5CN(c6c7c(cc8c9ccccc9n(C)c68)c6ccccc6n7C)c6ccccc65)c4)cc32)cc1C. The third-order valence-electron chi connectivity index (χ3n) is 12.6. The minimum Gasteiger partial charge on any atom is -0.457 e. The number of pyridine rings is 1. The second kappa shape index (κ2) is 12.5. The molecule has 59 heavy (non-hydrogen) atoms. The Morgan fingerprint density at radius 1 is 0.475 bits per heavy atom. The molecule has 0 aliphatic carbocycles. The zero-order chi connectivity index (χ0) is 39.5. The zero-order valence-corrected chi connectivity index (χ0v) is 33.3. The molecule has 0 spiro atoms. The minimum atomic E-state index is 0.634. The number of fused-ring (bicyclic) bond motifs is 10. The van der Waals surface area contributed by atoms with Crippen LogP contribution in [0.25, 0.3) is 71.2 Å². The van der Waals surface area contributed by atoms with Crippen LogP contribution in [-0.4, -0.2) is 25.4 Å². The molecule has 0 fully saturated rings. The molecular formula is C52H40N6O. The standard InChI is InChI=1S/C52H40N6O/c1-32-26-49(53-30-33(32)2)58-45-21-10-7-16-37(45)40-25-24-36(28-48(40)58)59-35-15-13-14-34(27-35)56-31-57(47-23-12-11-22-46(47)56)52-50-41(38-17-5-8-19-43(38)54(50)3)29-42-39-18-6-9-20-44(39)55(4)51(42)52/h5-30H,31H2,1-4H3. The van der Waals surface area contributed by atoms with Crippen LogP contribution >= 0.6 is 0 Å². The van der Waals surface area contributed by atoms with Gasteiger partial charge < -0.3 is 23.7 Å². The lowest BCUT2D eigenvalue weighted by Gasteiger charge is -2.25. The number of nitrogens with zero attached hydrogens (tertiary/aromatic N) is 6. The van der Waals surface area contributed by atoms with E-state index in [0.29, 0.717) is 6.67 Å². The average molecular weight is 765 g/mol. The molecule has 284 valence electrons. The quantitative estimate of drug-likeness (QED) is 0.175. The van der Waals surface area contributed by atoms with Crippen molar-refractivity contribution in [2.24, 2.45) is 14.1 Å². The molecule has 11 aromatic rings. The smallest absolute Gasteiger partial charge is 0.137 e. The molecule has 7 heteroatoms. The lowest BCUT2D eigenvalue weighted by atomic mass is 10.1. The second-order valence-electron chi connectivity index (χ2n) is 15.9. The van der Waals surface area contributed by atoms with Crippen LogP contribution in [0, 0.1) is 13.8 Å². The van der Waals surface area contributed by atoms with E-state index in [2.05, 4.69) is 197 Å². The molecule has 0 unspecified atom stereocenters. The summed E-state index contributed by atoms with van der Waals surface area (Å²) in [5.74, 6) is 2.44. The Morgan fingerprint density at radius 2 is 1.05 bits per heavy atom. The van der Waals surface area contributed by atoms with Gasteiger partial charge in [0.2, 0.25) is 0 Å². The Labute approximate surface area is 341 Å². The van der Waals surface area contributed by atoms with E-state index in [0.717, 1.165) is 45.1 Å². The van der Waals surface area contributed by atoms with Crippen molar-refractivity contribution in [2.45, 2.75) is 13.8 Å². The van der Waals surface area contributed by atoms with Gasteiger partial charge in [0.25, 0.3) is 0 Å². The number of aromatic nitrogens is 4. The van der Waals surface area contributed by atoms with E-state index >= 15 is 0 Å². The lowest BCUT2D eigenvalue weighted by Crippen LogP contribution is -2.25. The molecule has 0 atom stereocenters. The van der Waals surface area contributed by atoms with Crippen LogP contribution in [0.1, 0.15) is 11.1 Å². The Morgan fingerprint density at radius 3 is 1.73 bits per heavy atom. The largest absolute Gasteiger partial charge is 0.457 e. The van der Waals surface area contributed by atoms with Crippen molar-refractivity contribution in [1.29, 1.82) is 0 Å². The third kappa shape index (κ3) is 4.85. The predicted molar refractivity (Wildman–Crippen MR) is 245 cm³/mol. The maximum atomic E-state index is 6.75. The number of hydrogen-bond donors (Lipinski definition) is 0. The van der Waals surface area contributed by atoms with Crippen molar-refractivity contribution in [1.82, 2.24) is 18.7 Å². The molecule has 4 aromatic heterocycles. The van der Waals surface area contributed by atoms with Crippen LogP contribution in [-0.2, 0) is 14.1 Å². The molecule has 1 aliphatic rings. The summed E-state index contributed by atoms with van der Waals surface area (Å²) >= 11 is 0. The number of hydrogen-bond acceptors (Lipinski definition) is 4. The number of anilines is 4. The lowest BCUT2D eigenvalue weighted by molar-refractivity contribution is 0.483. The van der Waals surface area contributed by atoms with E-state index < -0.39 is 0 Å². The highest BCUT2D eigenvalue weighted by molar-refractivity contribution is 6.25. The molecule has 0 saturated carbocycles. The van der Waals surface area contributed by atoms with E-state index in [4.69, 9.17) is 9.72 Å². The van der Waals surface area contributed by atoms with Crippen molar-refractivity contribution >= 4 is 88.2 Å². The molecule has 1 aliphatic heterocycles. The fourth-order valence-corrected chi connectivity index (χ4v) is 9.69. The van der Waals surface area contributed by atoms with Crippen molar-refractivity contribution in [2.75, 3.05) is 16.5 Å². The highest BCUT2D eigenvalue weighted by atomic mass is 16.5. The van der Waals surface area contributed by atoms with E-state index in [9.17, 15) is 0 Å². The zero-order valence-electron chi connectivity index (χ0n) is 33.3. The summed E-state index contributed by atoms with van der Waals surface area (Å²) in [5.41, 5.74) is 14.0. The van der Waals surface area contributed by atoms with E-state index in [1.165, 1.54) is 71.5 Å². The van der Waals surface area contributed by atoms with Crippen LogP contribution in [0.5, 0.6) is 11.5 Å². The van der Waals surface area contributed by atoms with Crippen LogP contribution in [0.2, 0.25) is 0 Å². The maximum Gasteiger partial charge on any atom is 0.137 e. The molecule has 0 N–H and O–H groups in total. The van der Waals surface area contributed by atoms with Gasteiger partial charge in [-0.05, 0) is 91.7 Å². The van der Waals surface area contributed by atoms with Gasteiger partial charge in [0.15, 0.2) is 0 Å². The summed E-state index contributed by atoms with van der Waals surface area (Å²) in [6.07, 6.45) is 1.96. The molecule has 0 saturated heterocycles. The topological polar surface area (TPSA) is 43.4 Å². The highest BCUT2D eigenvalue weighted by Crippen LogP contribution is 2.51. The van der Waals surface area contributed by atoms with Gasteiger partial charge in [-0.25, -0.2) is 4.98 Å². The summed E-state index contributed by atoms with van der Waals surface area (Å²) in [4.78, 5) is 9.79. The van der Waals surface area contributed by atoms with Crippen molar-refractivity contribution in [3.63, 3.8) is 0 Å². The number of rotatable bonds is 5. The van der Waals surface area contributed by atoms with Gasteiger partial charge in [0, 0.05) is 81.5 Å². The van der Waals surface area contributed by atoms with Gasteiger partial charge in [-0.15, -0.1) is 0 Å². The summed E-state index contributed by atoms with van der Waals surface area (Å²) in [7, 11) is 4.41. The molecule has 0 bridgehead atoms. The van der Waals surface area contributed by atoms with Crippen LogP contribution in [0.15, 0.2) is 158 Å². The molecule has 0 amide bonds. The Balaban J connectivity index is 0.978. The normalized spacial score (nSPS) is 12.9. The van der Waals surface area contributed by atoms with Gasteiger partial charge in [-0.1, -0.05) is 72.8 Å². The van der Waals surface area contributed by atoms with E-state index in [-0.39, 0.29) is 0 Å². The molecule has 5 heterocycles. The van der Waals surface area contributed by atoms with Gasteiger partial charge in [-0.2, -0.15) is 0 Å². The van der Waals surface area contributed by atoms with Gasteiger partial charge in [-0.3, -0.25) is 4.57 Å². The first-order valence-electron chi connectivity index (χ1n) is 20.2. The molecule has 7 aromatic carbocycles. The van der Waals surface area contributed by atoms with Gasteiger partial charge >= 0.3 is 0 Å². The fourth-order valence-electron chi connectivity index (χ4n) is 9.69. The number of aryl methyl sites for hydroxylation is 4. The first kappa shape index (κ1) is 33.6. The highest BCUT2D eigenvalue weighted by Gasteiger charge is 2.33.